The Labute approximate surface area is 155 Å². The molecule has 4 rings (SSSR count). The van der Waals surface area contributed by atoms with Crippen molar-refractivity contribution in [2.45, 2.75) is 31.2 Å². The number of hydrogen-bond donors (Lipinski definition) is 1. The van der Waals surface area contributed by atoms with Gasteiger partial charge in [0.1, 0.15) is 11.4 Å². The number of anilines is 1. The number of nitrogens with zero attached hydrogens (tertiary/aromatic N) is 3. The fourth-order valence-corrected chi connectivity index (χ4v) is 3.29. The molecule has 9 heteroatoms. The smallest absolute Gasteiger partial charge is 0.282 e. The molecule has 1 N–H and O–H groups in total. The van der Waals surface area contributed by atoms with Crippen molar-refractivity contribution in [2.75, 3.05) is 38.2 Å². The predicted molar refractivity (Wildman–Crippen MR) is 93.1 cm³/mol. The van der Waals surface area contributed by atoms with E-state index in [1.54, 1.807) is 18.0 Å². The molecule has 1 atom stereocenters. The molecular formula is C18H22F2N4O3. The molecule has 3 fully saturated rings. The van der Waals surface area contributed by atoms with Gasteiger partial charge in [0, 0.05) is 20.0 Å². The minimum Gasteiger partial charge on any atom is -0.476 e. The summed E-state index contributed by atoms with van der Waals surface area (Å²) < 4.78 is 32.2. The van der Waals surface area contributed by atoms with Crippen molar-refractivity contribution < 1.29 is 23.1 Å². The molecule has 0 spiro atoms. The van der Waals surface area contributed by atoms with Crippen LogP contribution in [0.25, 0.3) is 0 Å². The molecule has 1 saturated carbocycles. The molecule has 1 aromatic heterocycles. The largest absolute Gasteiger partial charge is 0.476 e. The zero-order valence-electron chi connectivity index (χ0n) is 15.1. The van der Waals surface area contributed by atoms with Gasteiger partial charge in [-0.25, -0.2) is 13.8 Å². The van der Waals surface area contributed by atoms with Crippen molar-refractivity contribution >= 4 is 17.5 Å². The molecule has 2 aliphatic heterocycles. The molecular weight excluding hydrogens is 358 g/mol. The molecule has 27 heavy (non-hydrogen) atoms. The highest BCUT2D eigenvalue weighted by molar-refractivity contribution is 5.94. The maximum absolute atomic E-state index is 13.2. The monoisotopic (exact) mass is 380 g/mol. The first kappa shape index (κ1) is 17.9. The molecule has 2 saturated heterocycles. The third kappa shape index (κ3) is 3.96. The molecule has 0 bridgehead atoms. The molecule has 1 aromatic rings. The van der Waals surface area contributed by atoms with Crippen molar-refractivity contribution in [3.8, 4) is 5.88 Å². The third-order valence-electron chi connectivity index (χ3n) is 5.09. The van der Waals surface area contributed by atoms with Crippen LogP contribution < -0.4 is 15.0 Å². The highest BCUT2D eigenvalue weighted by Gasteiger charge is 2.45. The predicted octanol–water partition coefficient (Wildman–Crippen LogP) is 1.29. The number of nitrogens with one attached hydrogen (secondary N) is 1. The highest BCUT2D eigenvalue weighted by atomic mass is 19.3. The van der Waals surface area contributed by atoms with Crippen LogP contribution in [0, 0.1) is 5.92 Å². The zero-order chi connectivity index (χ0) is 19.2. The second-order valence-corrected chi connectivity index (χ2v) is 7.64. The minimum atomic E-state index is -2.70. The van der Waals surface area contributed by atoms with Gasteiger partial charge in [0.25, 0.3) is 11.8 Å². The molecule has 1 unspecified atom stereocenters. The molecule has 3 aliphatic rings. The molecule has 0 radical (unpaired) electrons. The lowest BCUT2D eigenvalue weighted by Crippen LogP contribution is -2.56. The highest BCUT2D eigenvalue weighted by Crippen LogP contribution is 2.37. The van der Waals surface area contributed by atoms with E-state index in [9.17, 15) is 18.4 Å². The van der Waals surface area contributed by atoms with Gasteiger partial charge < -0.3 is 19.9 Å². The zero-order valence-corrected chi connectivity index (χ0v) is 15.1. The SMILES string of the molecule is CN1CC(NC(=O)c2ccc(N3CC(F)(F)C3)c(OCC3CC3)n2)CC1=O. The first-order valence-electron chi connectivity index (χ1n) is 9.12. The van der Waals surface area contributed by atoms with Gasteiger partial charge in [-0.15, -0.1) is 0 Å². The van der Waals surface area contributed by atoms with Crippen molar-refractivity contribution in [1.29, 1.82) is 0 Å². The molecule has 2 amide bonds. The van der Waals surface area contributed by atoms with Gasteiger partial charge in [-0.05, 0) is 30.9 Å². The van der Waals surface area contributed by atoms with Gasteiger partial charge in [0.2, 0.25) is 11.8 Å². The summed E-state index contributed by atoms with van der Waals surface area (Å²) >= 11 is 0. The number of aromatic nitrogens is 1. The summed E-state index contributed by atoms with van der Waals surface area (Å²) in [4.78, 5) is 31.4. The Morgan fingerprint density at radius 2 is 2.11 bits per heavy atom. The van der Waals surface area contributed by atoms with Crippen molar-refractivity contribution in [2.24, 2.45) is 5.92 Å². The number of hydrogen-bond acceptors (Lipinski definition) is 5. The maximum Gasteiger partial charge on any atom is 0.282 e. The number of carbonyl (C=O) groups is 2. The van der Waals surface area contributed by atoms with E-state index in [1.165, 1.54) is 11.0 Å². The summed E-state index contributed by atoms with van der Waals surface area (Å²) in [7, 11) is 1.69. The summed E-state index contributed by atoms with van der Waals surface area (Å²) in [6.07, 6.45) is 2.43. The Morgan fingerprint density at radius 3 is 2.70 bits per heavy atom. The number of carbonyl (C=O) groups excluding carboxylic acids is 2. The van der Waals surface area contributed by atoms with Gasteiger partial charge in [-0.3, -0.25) is 9.59 Å². The lowest BCUT2D eigenvalue weighted by atomic mass is 10.1. The number of alkyl halides is 2. The Kier molecular flexibility index (Phi) is 4.39. The van der Waals surface area contributed by atoms with Crippen LogP contribution in [-0.4, -0.2) is 67.0 Å². The number of likely N-dealkylation sites (tertiary alicyclic amines) is 1. The average molecular weight is 380 g/mol. The van der Waals surface area contributed by atoms with E-state index < -0.39 is 11.8 Å². The lowest BCUT2D eigenvalue weighted by molar-refractivity contribution is -0.126. The molecule has 7 nitrogen and oxygen atoms in total. The van der Waals surface area contributed by atoms with Gasteiger partial charge in [-0.2, -0.15) is 0 Å². The summed E-state index contributed by atoms with van der Waals surface area (Å²) in [5.74, 6) is -2.44. The van der Waals surface area contributed by atoms with Crippen LogP contribution in [0.3, 0.4) is 0 Å². The Hall–Kier alpha value is -2.45. The van der Waals surface area contributed by atoms with E-state index in [2.05, 4.69) is 10.3 Å². The van der Waals surface area contributed by atoms with E-state index in [1.807, 2.05) is 0 Å². The number of rotatable bonds is 6. The number of likely N-dealkylation sites (N-methyl/N-ethyl adjacent to an activating group) is 1. The van der Waals surface area contributed by atoms with Crippen LogP contribution in [0.5, 0.6) is 5.88 Å². The van der Waals surface area contributed by atoms with Crippen molar-refractivity contribution in [1.82, 2.24) is 15.2 Å². The van der Waals surface area contributed by atoms with E-state index >= 15 is 0 Å². The van der Waals surface area contributed by atoms with Crippen molar-refractivity contribution in [3.05, 3.63) is 17.8 Å². The van der Waals surface area contributed by atoms with Gasteiger partial charge in [0.05, 0.1) is 25.7 Å². The number of pyridine rings is 1. The normalized spacial score (nSPS) is 24.0. The average Bonchev–Trinajstić information content (AvgIpc) is 3.36. The van der Waals surface area contributed by atoms with Crippen LogP contribution in [0.4, 0.5) is 14.5 Å². The number of ether oxygens (including phenoxy) is 1. The quantitative estimate of drug-likeness (QED) is 0.805. The fourth-order valence-electron chi connectivity index (χ4n) is 3.29. The Morgan fingerprint density at radius 1 is 1.37 bits per heavy atom. The molecule has 146 valence electrons. The van der Waals surface area contributed by atoms with Crippen LogP contribution in [-0.2, 0) is 4.79 Å². The van der Waals surface area contributed by atoms with E-state index in [-0.39, 0.29) is 43.0 Å². The van der Waals surface area contributed by atoms with Crippen LogP contribution in [0.1, 0.15) is 29.8 Å². The van der Waals surface area contributed by atoms with Crippen LogP contribution >= 0.6 is 0 Å². The number of amides is 2. The third-order valence-corrected chi connectivity index (χ3v) is 5.09. The van der Waals surface area contributed by atoms with E-state index in [0.29, 0.717) is 24.8 Å². The van der Waals surface area contributed by atoms with Crippen LogP contribution in [0.2, 0.25) is 0 Å². The van der Waals surface area contributed by atoms with Crippen molar-refractivity contribution in [3.63, 3.8) is 0 Å². The topological polar surface area (TPSA) is 74.8 Å². The Bertz CT molecular complexity index is 761. The van der Waals surface area contributed by atoms with Gasteiger partial charge in [0.15, 0.2) is 0 Å². The summed E-state index contributed by atoms with van der Waals surface area (Å²) in [5, 5.41) is 2.80. The summed E-state index contributed by atoms with van der Waals surface area (Å²) in [6.45, 7) is 0.168. The fraction of sp³-hybridized carbons (Fsp3) is 0.611. The summed E-state index contributed by atoms with van der Waals surface area (Å²) in [6, 6.07) is 2.85. The van der Waals surface area contributed by atoms with Crippen LogP contribution in [0.15, 0.2) is 12.1 Å². The van der Waals surface area contributed by atoms with E-state index in [0.717, 1.165) is 12.8 Å². The second kappa shape index (κ2) is 6.61. The lowest BCUT2D eigenvalue weighted by Gasteiger charge is -2.40. The minimum absolute atomic E-state index is 0.0178. The molecule has 3 heterocycles. The van der Waals surface area contributed by atoms with Gasteiger partial charge >= 0.3 is 0 Å². The molecule has 0 aromatic carbocycles. The first-order valence-corrected chi connectivity index (χ1v) is 9.12. The first-order chi connectivity index (χ1) is 12.8. The molecule has 1 aliphatic carbocycles. The standard InChI is InChI=1S/C18H22F2N4O3/c1-23-7-12(6-15(23)25)21-16(26)13-4-5-14(24-9-18(19,20)10-24)17(22-13)27-8-11-2-3-11/h4-5,11-12H,2-3,6-10H2,1H3,(H,21,26). The second-order valence-electron chi connectivity index (χ2n) is 7.64. The van der Waals surface area contributed by atoms with Gasteiger partial charge in [-0.1, -0.05) is 0 Å². The summed E-state index contributed by atoms with van der Waals surface area (Å²) in [5.41, 5.74) is 0.632. The maximum atomic E-state index is 13.2. The Balaban J connectivity index is 1.48. The van der Waals surface area contributed by atoms with E-state index in [4.69, 9.17) is 4.74 Å². The number of halogens is 2.